The predicted octanol–water partition coefficient (Wildman–Crippen LogP) is 5.46. The van der Waals surface area contributed by atoms with Gasteiger partial charge in [-0.1, -0.05) is 56.7 Å². The fourth-order valence-electron chi connectivity index (χ4n) is 3.08. The Kier molecular flexibility index (Phi) is 4.97. The van der Waals surface area contributed by atoms with Crippen LogP contribution in [0.1, 0.15) is 62.5 Å². The molecular formula is C16H23S. The molecule has 1 fully saturated rings. The summed E-state index contributed by atoms with van der Waals surface area (Å²) in [5, 5.41) is 0. The van der Waals surface area contributed by atoms with E-state index in [1.807, 2.05) is 0 Å². The van der Waals surface area contributed by atoms with Crippen LogP contribution in [0.25, 0.3) is 0 Å². The summed E-state index contributed by atoms with van der Waals surface area (Å²) in [7, 11) is 0. The molecule has 1 heteroatoms. The Balaban J connectivity index is 1.91. The molecular weight excluding hydrogens is 224 g/mol. The minimum Gasteiger partial charge on any atom is -0.0890 e. The van der Waals surface area contributed by atoms with Crippen molar-refractivity contribution in [1.82, 2.24) is 0 Å². The maximum Gasteiger partial charge on any atom is 0.0288 e. The minimum atomic E-state index is 0.740. The number of benzene rings is 1. The highest BCUT2D eigenvalue weighted by atomic mass is 32.1. The highest BCUT2D eigenvalue weighted by Gasteiger charge is 2.21. The van der Waals surface area contributed by atoms with E-state index in [0.29, 0.717) is 0 Å². The van der Waals surface area contributed by atoms with Gasteiger partial charge < -0.3 is 0 Å². The van der Waals surface area contributed by atoms with Crippen LogP contribution in [0, 0.1) is 5.92 Å². The molecule has 0 atom stereocenters. The Labute approximate surface area is 111 Å². The van der Waals surface area contributed by atoms with Gasteiger partial charge in [0, 0.05) is 5.75 Å². The van der Waals surface area contributed by atoms with E-state index in [9.17, 15) is 0 Å². The third-order valence-corrected chi connectivity index (χ3v) is 4.49. The fraction of sp³-hybridized carbons (Fsp3) is 0.625. The zero-order valence-corrected chi connectivity index (χ0v) is 11.6. The summed E-state index contributed by atoms with van der Waals surface area (Å²) < 4.78 is 0. The van der Waals surface area contributed by atoms with Gasteiger partial charge in [0.15, 0.2) is 0 Å². The summed E-state index contributed by atoms with van der Waals surface area (Å²) in [5.74, 6) is 2.55. The van der Waals surface area contributed by atoms with Gasteiger partial charge >= 0.3 is 0 Å². The first-order chi connectivity index (χ1) is 8.33. The number of hydrogen-bond acceptors (Lipinski definition) is 0. The first-order valence-corrected chi connectivity index (χ1v) is 7.58. The Hall–Kier alpha value is -0.430. The van der Waals surface area contributed by atoms with E-state index in [-0.39, 0.29) is 0 Å². The van der Waals surface area contributed by atoms with Crippen molar-refractivity contribution in [2.24, 2.45) is 5.92 Å². The van der Waals surface area contributed by atoms with Crippen LogP contribution in [-0.4, -0.2) is 0 Å². The lowest BCUT2D eigenvalue weighted by Crippen LogP contribution is -2.13. The quantitative estimate of drug-likeness (QED) is 0.663. The lowest BCUT2D eigenvalue weighted by Gasteiger charge is -2.28. The summed E-state index contributed by atoms with van der Waals surface area (Å²) >= 11 is 5.06. The van der Waals surface area contributed by atoms with E-state index < -0.39 is 0 Å². The molecule has 17 heavy (non-hydrogen) atoms. The van der Waals surface area contributed by atoms with Gasteiger partial charge in [-0.15, -0.1) is 0 Å². The molecule has 1 aliphatic rings. The van der Waals surface area contributed by atoms with Crippen molar-refractivity contribution in [3.63, 3.8) is 0 Å². The van der Waals surface area contributed by atoms with E-state index in [4.69, 9.17) is 12.6 Å². The molecule has 0 unspecified atom stereocenters. The van der Waals surface area contributed by atoms with Crippen molar-refractivity contribution < 1.29 is 0 Å². The SMILES string of the molecule is CCCC1CCC(c2ccc(C[S])cc2)CC1. The number of hydrogen-bond donors (Lipinski definition) is 0. The molecule has 0 saturated heterocycles. The van der Waals surface area contributed by atoms with Crippen LogP contribution in [0.15, 0.2) is 24.3 Å². The average Bonchev–Trinajstić information content (AvgIpc) is 2.40. The zero-order chi connectivity index (χ0) is 12.1. The van der Waals surface area contributed by atoms with Gasteiger partial charge in [-0.2, -0.15) is 0 Å². The summed E-state index contributed by atoms with van der Waals surface area (Å²) in [6.45, 7) is 2.31. The summed E-state index contributed by atoms with van der Waals surface area (Å²) in [6, 6.07) is 9.01. The van der Waals surface area contributed by atoms with Crippen molar-refractivity contribution in [3.05, 3.63) is 35.4 Å². The summed E-state index contributed by atoms with van der Waals surface area (Å²) in [5.41, 5.74) is 2.82. The molecule has 1 aromatic carbocycles. The lowest BCUT2D eigenvalue weighted by atomic mass is 9.77. The molecule has 2 rings (SSSR count). The second-order valence-corrected chi connectivity index (χ2v) is 5.68. The molecule has 1 aliphatic carbocycles. The second-order valence-electron chi connectivity index (χ2n) is 5.39. The largest absolute Gasteiger partial charge is 0.0890 e. The maximum atomic E-state index is 5.06. The highest BCUT2D eigenvalue weighted by molar-refractivity contribution is 7.79. The Bertz CT molecular complexity index is 320. The van der Waals surface area contributed by atoms with Crippen molar-refractivity contribution in [2.45, 2.75) is 57.1 Å². The van der Waals surface area contributed by atoms with Crippen molar-refractivity contribution in [3.8, 4) is 0 Å². The van der Waals surface area contributed by atoms with E-state index in [1.165, 1.54) is 49.7 Å². The smallest absolute Gasteiger partial charge is 0.0288 e. The molecule has 0 bridgehead atoms. The molecule has 1 saturated carbocycles. The van der Waals surface area contributed by atoms with Crippen LogP contribution in [0.4, 0.5) is 0 Å². The molecule has 0 amide bonds. The average molecular weight is 247 g/mol. The third kappa shape index (κ3) is 3.51. The maximum absolute atomic E-state index is 5.06. The minimum absolute atomic E-state index is 0.740. The van der Waals surface area contributed by atoms with Gasteiger partial charge in [0.05, 0.1) is 0 Å². The van der Waals surface area contributed by atoms with Gasteiger partial charge in [-0.3, -0.25) is 0 Å². The molecule has 0 nitrogen and oxygen atoms in total. The standard InChI is InChI=1S/C16H23S/c1-2-3-13-4-8-15(9-5-13)16-10-6-14(12-17)7-11-16/h6-7,10-11,13,15H,2-5,8-9,12H2,1H3. The van der Waals surface area contributed by atoms with Crippen molar-refractivity contribution >= 4 is 12.6 Å². The topological polar surface area (TPSA) is 0 Å². The second kappa shape index (κ2) is 6.49. The number of rotatable bonds is 4. The van der Waals surface area contributed by atoms with Gasteiger partial charge in [-0.25, -0.2) is 0 Å². The molecule has 0 aromatic heterocycles. The third-order valence-electron chi connectivity index (χ3n) is 4.16. The Morgan fingerprint density at radius 2 is 1.71 bits per heavy atom. The molecule has 0 aliphatic heterocycles. The molecule has 1 aromatic rings. The van der Waals surface area contributed by atoms with E-state index in [0.717, 1.165) is 17.6 Å². The van der Waals surface area contributed by atoms with Crippen LogP contribution in [0.2, 0.25) is 0 Å². The zero-order valence-electron chi connectivity index (χ0n) is 10.8. The fourth-order valence-corrected chi connectivity index (χ4v) is 3.27. The highest BCUT2D eigenvalue weighted by Crippen LogP contribution is 2.37. The predicted molar refractivity (Wildman–Crippen MR) is 77.3 cm³/mol. The van der Waals surface area contributed by atoms with Gasteiger partial charge in [0.1, 0.15) is 0 Å². The Morgan fingerprint density at radius 3 is 2.24 bits per heavy atom. The Morgan fingerprint density at radius 1 is 1.06 bits per heavy atom. The van der Waals surface area contributed by atoms with E-state index >= 15 is 0 Å². The first kappa shape index (κ1) is 13.0. The summed E-state index contributed by atoms with van der Waals surface area (Å²) in [6.07, 6.45) is 8.42. The van der Waals surface area contributed by atoms with Gasteiger partial charge in [0.25, 0.3) is 0 Å². The molecule has 93 valence electrons. The van der Waals surface area contributed by atoms with E-state index in [1.54, 1.807) is 0 Å². The van der Waals surface area contributed by atoms with Crippen LogP contribution in [-0.2, 0) is 5.75 Å². The van der Waals surface area contributed by atoms with E-state index in [2.05, 4.69) is 31.2 Å². The van der Waals surface area contributed by atoms with Gasteiger partial charge in [-0.05, 0) is 48.6 Å². The van der Waals surface area contributed by atoms with Crippen LogP contribution in [0.3, 0.4) is 0 Å². The summed E-state index contributed by atoms with van der Waals surface area (Å²) in [4.78, 5) is 0. The molecule has 0 spiro atoms. The van der Waals surface area contributed by atoms with Crippen LogP contribution >= 0.6 is 12.6 Å². The van der Waals surface area contributed by atoms with Crippen LogP contribution < -0.4 is 0 Å². The normalized spacial score (nSPS) is 24.8. The first-order valence-electron chi connectivity index (χ1n) is 7.00. The van der Waals surface area contributed by atoms with Crippen LogP contribution in [0.5, 0.6) is 0 Å². The van der Waals surface area contributed by atoms with Crippen molar-refractivity contribution in [2.75, 3.05) is 0 Å². The monoisotopic (exact) mass is 247 g/mol. The van der Waals surface area contributed by atoms with Crippen molar-refractivity contribution in [1.29, 1.82) is 0 Å². The lowest BCUT2D eigenvalue weighted by molar-refractivity contribution is 0.308. The van der Waals surface area contributed by atoms with Gasteiger partial charge in [0.2, 0.25) is 0 Å². The molecule has 0 N–H and O–H groups in total. The molecule has 0 heterocycles. The molecule has 1 radical (unpaired) electrons.